The van der Waals surface area contributed by atoms with E-state index in [9.17, 15) is 8.42 Å². The van der Waals surface area contributed by atoms with Crippen LogP contribution in [0.1, 0.15) is 19.3 Å². The van der Waals surface area contributed by atoms with E-state index in [1.807, 2.05) is 6.26 Å². The van der Waals surface area contributed by atoms with E-state index < -0.39 is 10.0 Å². The number of thioether (sulfide) groups is 1. The van der Waals surface area contributed by atoms with Gasteiger partial charge in [-0.1, -0.05) is 6.42 Å². The van der Waals surface area contributed by atoms with Gasteiger partial charge in [0, 0.05) is 11.3 Å². The zero-order valence-corrected chi connectivity index (χ0v) is 13.4. The lowest BCUT2D eigenvalue weighted by Gasteiger charge is -2.18. The Morgan fingerprint density at radius 3 is 2.82 bits per heavy atom. The highest BCUT2D eigenvalue weighted by Crippen LogP contribution is 2.31. The Morgan fingerprint density at radius 2 is 2.24 bits per heavy atom. The second kappa shape index (κ2) is 5.61. The smallest absolute Gasteiger partial charge is 0.206 e. The molecule has 0 spiro atoms. The first-order valence-corrected chi connectivity index (χ1v) is 9.71. The molecule has 0 amide bonds. The Hall–Kier alpha value is 0.440. The Labute approximate surface area is 119 Å². The van der Waals surface area contributed by atoms with Crippen molar-refractivity contribution in [1.82, 2.24) is 4.72 Å². The van der Waals surface area contributed by atoms with Crippen LogP contribution in [0.3, 0.4) is 0 Å². The number of sulfonamides is 1. The summed E-state index contributed by atoms with van der Waals surface area (Å²) in [6.45, 7) is 0. The number of hydrogen-bond acceptors (Lipinski definition) is 4. The molecule has 1 saturated carbocycles. The largest absolute Gasteiger partial charge is 0.250 e. The molecule has 0 radical (unpaired) electrons. The molecule has 1 aromatic heterocycles. The summed E-state index contributed by atoms with van der Waals surface area (Å²) >= 11 is 6.28. The first-order chi connectivity index (χ1) is 8.03. The fourth-order valence-electron chi connectivity index (χ4n) is 2.04. The molecular weight excluding hydrogens is 342 g/mol. The maximum absolute atomic E-state index is 12.1. The fourth-order valence-corrected chi connectivity index (χ4v) is 6.40. The summed E-state index contributed by atoms with van der Waals surface area (Å²) in [5, 5.41) is 0.410. The Kier molecular flexibility index (Phi) is 4.57. The molecule has 1 fully saturated rings. The first kappa shape index (κ1) is 13.9. The van der Waals surface area contributed by atoms with Crippen LogP contribution in [-0.4, -0.2) is 26.0 Å². The van der Waals surface area contributed by atoms with Crippen molar-refractivity contribution in [3.05, 3.63) is 15.9 Å². The summed E-state index contributed by atoms with van der Waals surface area (Å²) in [7, 11) is -3.34. The van der Waals surface area contributed by atoms with E-state index in [4.69, 9.17) is 0 Å². The van der Waals surface area contributed by atoms with Crippen LogP contribution in [0.5, 0.6) is 0 Å². The number of rotatable bonds is 4. The average Bonchev–Trinajstić information content (AvgIpc) is 2.86. The quantitative estimate of drug-likeness (QED) is 0.902. The van der Waals surface area contributed by atoms with Crippen LogP contribution in [0.15, 0.2) is 20.1 Å². The molecule has 2 rings (SSSR count). The van der Waals surface area contributed by atoms with Crippen LogP contribution in [0.25, 0.3) is 0 Å². The molecular formula is C10H14BrNO2S3. The maximum Gasteiger partial charge on any atom is 0.250 e. The predicted octanol–water partition coefficient (Wildman–Crippen LogP) is 3.07. The monoisotopic (exact) mass is 355 g/mol. The molecule has 1 aliphatic rings. The van der Waals surface area contributed by atoms with Crippen LogP contribution in [-0.2, 0) is 10.0 Å². The van der Waals surface area contributed by atoms with Crippen molar-refractivity contribution in [3.8, 4) is 0 Å². The molecule has 3 nitrogen and oxygen atoms in total. The molecule has 0 saturated heterocycles. The summed E-state index contributed by atoms with van der Waals surface area (Å²) in [5.41, 5.74) is 0. The molecule has 7 heteroatoms. The van der Waals surface area contributed by atoms with Gasteiger partial charge in [0.05, 0.1) is 3.79 Å². The van der Waals surface area contributed by atoms with Crippen molar-refractivity contribution in [2.24, 2.45) is 0 Å². The van der Waals surface area contributed by atoms with E-state index in [1.54, 1.807) is 23.9 Å². The lowest BCUT2D eigenvalue weighted by atomic mass is 10.3. The Balaban J connectivity index is 2.12. The van der Waals surface area contributed by atoms with Gasteiger partial charge in [-0.25, -0.2) is 13.1 Å². The van der Waals surface area contributed by atoms with Crippen molar-refractivity contribution < 1.29 is 8.42 Å². The van der Waals surface area contributed by atoms with Crippen LogP contribution >= 0.6 is 39.0 Å². The normalized spacial score (nSPS) is 25.3. The lowest BCUT2D eigenvalue weighted by Crippen LogP contribution is -2.38. The van der Waals surface area contributed by atoms with Gasteiger partial charge in [-0.15, -0.1) is 11.3 Å². The number of halogens is 1. The van der Waals surface area contributed by atoms with Crippen LogP contribution in [0, 0.1) is 0 Å². The van der Waals surface area contributed by atoms with E-state index in [-0.39, 0.29) is 6.04 Å². The van der Waals surface area contributed by atoms with E-state index in [0.29, 0.717) is 9.46 Å². The molecule has 1 N–H and O–H groups in total. The molecule has 2 unspecified atom stereocenters. The highest BCUT2D eigenvalue weighted by atomic mass is 79.9. The van der Waals surface area contributed by atoms with Gasteiger partial charge in [0.1, 0.15) is 4.21 Å². The Morgan fingerprint density at radius 1 is 1.47 bits per heavy atom. The SMILES string of the molecule is CSC1CCCC1NS(=O)(=O)c1ccc(Br)s1. The summed E-state index contributed by atoms with van der Waals surface area (Å²) in [6.07, 6.45) is 5.19. The molecule has 1 heterocycles. The van der Waals surface area contributed by atoms with Gasteiger partial charge in [0.2, 0.25) is 10.0 Å². The molecule has 1 aliphatic carbocycles. The molecule has 2 atom stereocenters. The van der Waals surface area contributed by atoms with E-state index in [0.717, 1.165) is 23.0 Å². The number of hydrogen-bond donors (Lipinski definition) is 1. The third kappa shape index (κ3) is 3.26. The number of nitrogens with one attached hydrogen (secondary N) is 1. The molecule has 96 valence electrons. The predicted molar refractivity (Wildman–Crippen MR) is 77.3 cm³/mol. The zero-order chi connectivity index (χ0) is 12.5. The summed E-state index contributed by atoms with van der Waals surface area (Å²) in [4.78, 5) is 0. The van der Waals surface area contributed by atoms with Gasteiger partial charge < -0.3 is 0 Å². The summed E-state index contributed by atoms with van der Waals surface area (Å²) < 4.78 is 28.3. The van der Waals surface area contributed by atoms with Crippen molar-refractivity contribution in [2.45, 2.75) is 34.8 Å². The third-order valence-electron chi connectivity index (χ3n) is 2.88. The second-order valence-corrected chi connectivity index (χ2v) is 9.47. The Bertz CT molecular complexity index is 485. The van der Waals surface area contributed by atoms with Gasteiger partial charge >= 0.3 is 0 Å². The topological polar surface area (TPSA) is 46.2 Å². The molecule has 1 aromatic rings. The van der Waals surface area contributed by atoms with Crippen molar-refractivity contribution in [3.63, 3.8) is 0 Å². The van der Waals surface area contributed by atoms with Crippen molar-refractivity contribution in [1.29, 1.82) is 0 Å². The van der Waals surface area contributed by atoms with E-state index in [1.165, 1.54) is 11.3 Å². The van der Waals surface area contributed by atoms with Gasteiger partial charge in [0.25, 0.3) is 0 Å². The minimum Gasteiger partial charge on any atom is -0.206 e. The molecule has 17 heavy (non-hydrogen) atoms. The van der Waals surface area contributed by atoms with Crippen LogP contribution in [0.4, 0.5) is 0 Å². The van der Waals surface area contributed by atoms with Gasteiger partial charge in [-0.2, -0.15) is 11.8 Å². The summed E-state index contributed by atoms with van der Waals surface area (Å²) in [5.74, 6) is 0. The fraction of sp³-hybridized carbons (Fsp3) is 0.600. The minimum atomic E-state index is -3.34. The van der Waals surface area contributed by atoms with Gasteiger partial charge in [0.15, 0.2) is 0 Å². The van der Waals surface area contributed by atoms with E-state index >= 15 is 0 Å². The zero-order valence-electron chi connectivity index (χ0n) is 9.35. The lowest BCUT2D eigenvalue weighted by molar-refractivity contribution is 0.557. The maximum atomic E-state index is 12.1. The van der Waals surface area contributed by atoms with Crippen molar-refractivity contribution in [2.75, 3.05) is 6.26 Å². The van der Waals surface area contributed by atoms with Gasteiger partial charge in [-0.3, -0.25) is 0 Å². The van der Waals surface area contributed by atoms with Gasteiger partial charge in [-0.05, 0) is 47.2 Å². The van der Waals surface area contributed by atoms with Crippen LogP contribution < -0.4 is 4.72 Å². The van der Waals surface area contributed by atoms with Crippen LogP contribution in [0.2, 0.25) is 0 Å². The highest BCUT2D eigenvalue weighted by molar-refractivity contribution is 9.11. The van der Waals surface area contributed by atoms with E-state index in [2.05, 4.69) is 20.7 Å². The average molecular weight is 356 g/mol. The molecule has 0 bridgehead atoms. The third-order valence-corrected chi connectivity index (χ3v) is 7.65. The summed E-state index contributed by atoms with van der Waals surface area (Å²) in [6, 6.07) is 3.48. The minimum absolute atomic E-state index is 0.0795. The molecule has 0 aromatic carbocycles. The second-order valence-electron chi connectivity index (χ2n) is 3.99. The number of thiophene rings is 1. The highest BCUT2D eigenvalue weighted by Gasteiger charge is 2.31. The standard InChI is InChI=1S/C10H14BrNO2S3/c1-15-8-4-2-3-7(8)12-17(13,14)10-6-5-9(11)16-10/h5-8,12H,2-4H2,1H3. The first-order valence-electron chi connectivity index (χ1n) is 5.33. The molecule has 0 aliphatic heterocycles. The van der Waals surface area contributed by atoms with Crippen molar-refractivity contribution >= 4 is 49.1 Å².